The minimum absolute atomic E-state index is 0.211. The highest BCUT2D eigenvalue weighted by atomic mass is 32.2. The van der Waals surface area contributed by atoms with Gasteiger partial charge in [-0.2, -0.15) is 4.83 Å². The summed E-state index contributed by atoms with van der Waals surface area (Å²) in [6.07, 6.45) is 3.34. The first-order valence-electron chi connectivity index (χ1n) is 7.84. The smallest absolute Gasteiger partial charge is 0.318 e. The third-order valence-electron chi connectivity index (χ3n) is 3.75. The third-order valence-corrected chi connectivity index (χ3v) is 5.41. The van der Waals surface area contributed by atoms with E-state index in [-0.39, 0.29) is 11.7 Å². The number of esters is 1. The lowest BCUT2D eigenvalue weighted by Crippen LogP contribution is -2.30. The number of carbonyl (C=O) groups is 1. The monoisotopic (exact) mass is 363 g/mol. The molecule has 1 aromatic rings. The van der Waals surface area contributed by atoms with Crippen LogP contribution in [-0.2, 0) is 16.1 Å². The lowest BCUT2D eigenvalue weighted by Gasteiger charge is -2.27. The molecule has 7 heteroatoms. The van der Waals surface area contributed by atoms with E-state index in [0.717, 1.165) is 30.8 Å². The number of benzene rings is 1. The van der Waals surface area contributed by atoms with Crippen molar-refractivity contribution in [3.05, 3.63) is 58.6 Å². The van der Waals surface area contributed by atoms with E-state index in [0.29, 0.717) is 6.61 Å². The van der Waals surface area contributed by atoms with E-state index in [9.17, 15) is 4.79 Å². The average molecular weight is 364 g/mol. The van der Waals surface area contributed by atoms with Gasteiger partial charge < -0.3 is 9.64 Å². The number of carbonyl (C=O) groups excluding carboxylic acids is 1. The van der Waals surface area contributed by atoms with E-state index >= 15 is 0 Å². The van der Waals surface area contributed by atoms with Gasteiger partial charge in [-0.25, -0.2) is 4.41 Å². The maximum Gasteiger partial charge on any atom is 0.318 e. The quantitative estimate of drug-likeness (QED) is 0.616. The largest absolute Gasteiger partial charge is 0.460 e. The van der Waals surface area contributed by atoms with E-state index in [1.807, 2.05) is 34.7 Å². The van der Waals surface area contributed by atoms with Gasteiger partial charge in [-0.1, -0.05) is 36.4 Å². The van der Waals surface area contributed by atoms with Gasteiger partial charge in [-0.3, -0.25) is 4.79 Å². The molecule has 0 amide bonds. The summed E-state index contributed by atoms with van der Waals surface area (Å²) in [5, 5.41) is 2.09. The molecule has 0 aromatic heterocycles. The first-order valence-corrected chi connectivity index (χ1v) is 9.66. The van der Waals surface area contributed by atoms with Crippen LogP contribution in [0.1, 0.15) is 12.0 Å². The fourth-order valence-corrected chi connectivity index (χ4v) is 4.15. The predicted molar refractivity (Wildman–Crippen MR) is 99.5 cm³/mol. The van der Waals surface area contributed by atoms with Gasteiger partial charge >= 0.3 is 5.97 Å². The summed E-state index contributed by atoms with van der Waals surface area (Å²) in [4.78, 5) is 17.5. The summed E-state index contributed by atoms with van der Waals surface area (Å²) < 4.78 is 7.28. The Kier molecular flexibility index (Phi) is 6.25. The molecule has 128 valence electrons. The number of rotatable bonds is 6. The zero-order chi connectivity index (χ0) is 16.8. The number of nitrogens with zero attached hydrogens (tertiary/aromatic N) is 2. The Labute approximate surface area is 151 Å². The van der Waals surface area contributed by atoms with Crippen molar-refractivity contribution in [2.75, 3.05) is 25.9 Å². The SMILES string of the molecule is CN1CCC=C(C2=CSNN2SCC(=O)OCc2ccccc2)C1. The highest BCUT2D eigenvalue weighted by molar-refractivity contribution is 8.02. The van der Waals surface area contributed by atoms with Crippen molar-refractivity contribution in [1.82, 2.24) is 14.1 Å². The van der Waals surface area contributed by atoms with E-state index < -0.39 is 0 Å². The molecule has 0 unspecified atom stereocenters. The zero-order valence-electron chi connectivity index (χ0n) is 13.6. The van der Waals surface area contributed by atoms with Crippen molar-refractivity contribution in [2.45, 2.75) is 13.0 Å². The fourth-order valence-electron chi connectivity index (χ4n) is 2.51. The maximum absolute atomic E-state index is 12.0. The Balaban J connectivity index is 1.46. The molecule has 0 atom stereocenters. The summed E-state index contributed by atoms with van der Waals surface area (Å²) in [6.45, 7) is 2.35. The van der Waals surface area contributed by atoms with E-state index in [4.69, 9.17) is 4.74 Å². The summed E-state index contributed by atoms with van der Waals surface area (Å²) in [6, 6.07) is 9.73. The molecule has 0 radical (unpaired) electrons. The van der Waals surface area contributed by atoms with Gasteiger partial charge in [0, 0.05) is 18.5 Å². The first kappa shape index (κ1) is 17.4. The van der Waals surface area contributed by atoms with Gasteiger partial charge in [0.05, 0.1) is 5.70 Å². The van der Waals surface area contributed by atoms with Crippen LogP contribution in [-0.4, -0.2) is 41.2 Å². The highest BCUT2D eigenvalue weighted by Crippen LogP contribution is 2.31. The van der Waals surface area contributed by atoms with Crippen LogP contribution in [0.3, 0.4) is 0 Å². The molecule has 5 nitrogen and oxygen atoms in total. The molecule has 0 aliphatic carbocycles. The second-order valence-corrected chi connectivity index (χ2v) is 7.25. The maximum atomic E-state index is 12.0. The second kappa shape index (κ2) is 8.62. The number of hydrogen-bond donors (Lipinski definition) is 1. The molecular weight excluding hydrogens is 342 g/mol. The van der Waals surface area contributed by atoms with Crippen LogP contribution in [0.2, 0.25) is 0 Å². The van der Waals surface area contributed by atoms with Crippen LogP contribution in [0.5, 0.6) is 0 Å². The van der Waals surface area contributed by atoms with Crippen LogP contribution in [0.15, 0.2) is 53.1 Å². The fraction of sp³-hybridized carbons (Fsp3) is 0.353. The summed E-state index contributed by atoms with van der Waals surface area (Å²) in [5.74, 6) is 0.0672. The molecule has 0 fully saturated rings. The highest BCUT2D eigenvalue weighted by Gasteiger charge is 2.23. The molecule has 3 rings (SSSR count). The standard InChI is InChI=1S/C17H21N3O2S2/c1-19-9-5-8-15(10-19)16-12-23-18-20(16)24-13-17(21)22-11-14-6-3-2-4-7-14/h2-4,6-8,12,18H,5,9-11,13H2,1H3. The third kappa shape index (κ3) is 4.80. The lowest BCUT2D eigenvalue weighted by molar-refractivity contribution is -0.141. The zero-order valence-corrected chi connectivity index (χ0v) is 15.2. The number of ether oxygens (including phenoxy) is 1. The van der Waals surface area contributed by atoms with Crippen molar-refractivity contribution in [1.29, 1.82) is 0 Å². The molecule has 0 bridgehead atoms. The number of hydrogen-bond acceptors (Lipinski definition) is 7. The Morgan fingerprint density at radius 2 is 2.21 bits per heavy atom. The Bertz CT molecular complexity index is 634. The molecule has 2 aliphatic rings. The number of nitrogens with one attached hydrogen (secondary N) is 1. The Morgan fingerprint density at radius 1 is 1.38 bits per heavy atom. The molecule has 0 saturated heterocycles. The molecule has 0 spiro atoms. The van der Waals surface area contributed by atoms with Crippen molar-refractivity contribution >= 4 is 29.9 Å². The summed E-state index contributed by atoms with van der Waals surface area (Å²) in [7, 11) is 2.13. The van der Waals surface area contributed by atoms with Crippen molar-refractivity contribution in [3.63, 3.8) is 0 Å². The first-order chi connectivity index (χ1) is 11.7. The summed E-state index contributed by atoms with van der Waals surface area (Å²) >= 11 is 2.96. The minimum atomic E-state index is -0.211. The van der Waals surface area contributed by atoms with Crippen LogP contribution in [0.25, 0.3) is 0 Å². The van der Waals surface area contributed by atoms with Gasteiger partial charge in [0.1, 0.15) is 12.4 Å². The Hall–Kier alpha value is -1.41. The predicted octanol–water partition coefficient (Wildman–Crippen LogP) is 2.95. The van der Waals surface area contributed by atoms with Crippen LogP contribution < -0.4 is 4.83 Å². The average Bonchev–Trinajstić information content (AvgIpc) is 3.08. The van der Waals surface area contributed by atoms with Gasteiger partial charge in [0.25, 0.3) is 0 Å². The van der Waals surface area contributed by atoms with E-state index in [1.54, 1.807) is 0 Å². The molecule has 2 aliphatic heterocycles. The molecule has 0 saturated carbocycles. The number of likely N-dealkylation sites (N-methyl/N-ethyl adjacent to an activating group) is 1. The van der Waals surface area contributed by atoms with E-state index in [1.165, 1.54) is 29.5 Å². The van der Waals surface area contributed by atoms with E-state index in [2.05, 4.69) is 28.3 Å². The van der Waals surface area contributed by atoms with Crippen LogP contribution in [0, 0.1) is 0 Å². The van der Waals surface area contributed by atoms with Gasteiger partial charge in [-0.05, 0) is 48.5 Å². The molecule has 24 heavy (non-hydrogen) atoms. The van der Waals surface area contributed by atoms with Crippen molar-refractivity contribution in [2.24, 2.45) is 0 Å². The lowest BCUT2D eigenvalue weighted by atomic mass is 10.1. The molecule has 2 heterocycles. The number of hydrazine groups is 1. The summed E-state index contributed by atoms with van der Waals surface area (Å²) in [5.41, 5.74) is 3.43. The molecular formula is C17H21N3O2S2. The van der Waals surface area contributed by atoms with Crippen molar-refractivity contribution in [3.8, 4) is 0 Å². The minimum Gasteiger partial charge on any atom is -0.460 e. The second-order valence-electron chi connectivity index (χ2n) is 5.68. The van der Waals surface area contributed by atoms with Crippen LogP contribution in [0.4, 0.5) is 0 Å². The van der Waals surface area contributed by atoms with Crippen molar-refractivity contribution < 1.29 is 9.53 Å². The molecule has 1 N–H and O–H groups in total. The molecule has 1 aromatic carbocycles. The normalized spacial score (nSPS) is 18.3. The van der Waals surface area contributed by atoms with Crippen LogP contribution >= 0.6 is 23.9 Å². The Morgan fingerprint density at radius 3 is 3.00 bits per heavy atom. The van der Waals surface area contributed by atoms with Gasteiger partial charge in [0.15, 0.2) is 0 Å². The topological polar surface area (TPSA) is 44.8 Å². The van der Waals surface area contributed by atoms with Gasteiger partial charge in [0.2, 0.25) is 0 Å². The van der Waals surface area contributed by atoms with Gasteiger partial charge in [-0.15, -0.1) is 0 Å².